The van der Waals surface area contributed by atoms with E-state index in [1.54, 1.807) is 6.20 Å². The molecule has 24 heavy (non-hydrogen) atoms. The Labute approximate surface area is 141 Å². The van der Waals surface area contributed by atoms with Crippen LogP contribution in [0, 0.1) is 6.92 Å². The van der Waals surface area contributed by atoms with Crippen molar-refractivity contribution in [3.63, 3.8) is 0 Å². The van der Waals surface area contributed by atoms with E-state index in [-0.39, 0.29) is 0 Å². The molecule has 0 radical (unpaired) electrons. The highest BCUT2D eigenvalue weighted by molar-refractivity contribution is 5.57. The van der Waals surface area contributed by atoms with Gasteiger partial charge in [0.1, 0.15) is 11.6 Å². The monoisotopic (exact) mass is 317 g/mol. The van der Waals surface area contributed by atoms with Crippen molar-refractivity contribution < 1.29 is 0 Å². The molecule has 0 bridgehead atoms. The first-order chi connectivity index (χ1) is 11.8. The van der Waals surface area contributed by atoms with Gasteiger partial charge in [-0.15, -0.1) is 0 Å². The number of nitrogens with zero attached hydrogens (tertiary/aromatic N) is 4. The van der Waals surface area contributed by atoms with Gasteiger partial charge in [0.2, 0.25) is 0 Å². The zero-order valence-corrected chi connectivity index (χ0v) is 13.6. The molecule has 5 nitrogen and oxygen atoms in total. The van der Waals surface area contributed by atoms with Crippen LogP contribution in [-0.4, -0.2) is 21.5 Å². The summed E-state index contributed by atoms with van der Waals surface area (Å²) < 4.78 is 0. The van der Waals surface area contributed by atoms with E-state index >= 15 is 0 Å². The standard InChI is InChI=1S/C19H19N5/c1-14-5-4-9-21-19(14)24-10-7-17-15(13-24)11-16(12-22-17)23-18-6-2-3-8-20-18/h2-6,8-9,11-12H,7,10,13H2,1H3,(H,20,23). The number of nitrogens with one attached hydrogen (secondary N) is 1. The molecular weight excluding hydrogens is 298 g/mol. The van der Waals surface area contributed by atoms with Crippen LogP contribution in [0.1, 0.15) is 16.8 Å². The highest BCUT2D eigenvalue weighted by atomic mass is 15.2. The smallest absolute Gasteiger partial charge is 0.131 e. The largest absolute Gasteiger partial charge is 0.352 e. The second kappa shape index (κ2) is 6.28. The molecule has 0 saturated heterocycles. The summed E-state index contributed by atoms with van der Waals surface area (Å²) in [7, 11) is 0. The number of aromatic nitrogens is 3. The Balaban J connectivity index is 1.58. The minimum Gasteiger partial charge on any atom is -0.352 e. The molecule has 1 aliphatic rings. The molecule has 1 N–H and O–H groups in total. The Bertz CT molecular complexity index is 847. The third-order valence-corrected chi connectivity index (χ3v) is 4.26. The molecule has 3 aromatic rings. The van der Waals surface area contributed by atoms with Crippen LogP contribution in [0.3, 0.4) is 0 Å². The van der Waals surface area contributed by atoms with Gasteiger partial charge in [0.25, 0.3) is 0 Å². The zero-order chi connectivity index (χ0) is 16.4. The van der Waals surface area contributed by atoms with Crippen molar-refractivity contribution in [1.82, 2.24) is 15.0 Å². The maximum absolute atomic E-state index is 4.63. The van der Waals surface area contributed by atoms with Crippen molar-refractivity contribution in [2.24, 2.45) is 0 Å². The van der Waals surface area contributed by atoms with Gasteiger partial charge in [-0.2, -0.15) is 0 Å². The van der Waals surface area contributed by atoms with E-state index in [0.29, 0.717) is 0 Å². The zero-order valence-electron chi connectivity index (χ0n) is 13.6. The minimum absolute atomic E-state index is 0.826. The van der Waals surface area contributed by atoms with Gasteiger partial charge in [0.15, 0.2) is 0 Å². The van der Waals surface area contributed by atoms with Crippen LogP contribution in [-0.2, 0) is 13.0 Å². The lowest BCUT2D eigenvalue weighted by molar-refractivity contribution is 0.701. The minimum atomic E-state index is 0.826. The predicted molar refractivity (Wildman–Crippen MR) is 95.5 cm³/mol. The van der Waals surface area contributed by atoms with Gasteiger partial charge in [-0.25, -0.2) is 9.97 Å². The quantitative estimate of drug-likeness (QED) is 0.801. The molecule has 120 valence electrons. The van der Waals surface area contributed by atoms with Crippen molar-refractivity contribution in [3.8, 4) is 0 Å². The number of hydrogen-bond acceptors (Lipinski definition) is 5. The van der Waals surface area contributed by atoms with Crippen molar-refractivity contribution in [3.05, 3.63) is 71.8 Å². The number of fused-ring (bicyclic) bond motifs is 1. The molecule has 0 saturated carbocycles. The first-order valence-electron chi connectivity index (χ1n) is 8.12. The van der Waals surface area contributed by atoms with Crippen LogP contribution in [0.5, 0.6) is 0 Å². The Hall–Kier alpha value is -2.95. The van der Waals surface area contributed by atoms with Crippen molar-refractivity contribution in [1.29, 1.82) is 0 Å². The number of rotatable bonds is 3. The second-order valence-corrected chi connectivity index (χ2v) is 5.99. The lowest BCUT2D eigenvalue weighted by Crippen LogP contribution is -2.32. The highest BCUT2D eigenvalue weighted by Crippen LogP contribution is 2.26. The average molecular weight is 317 g/mol. The van der Waals surface area contributed by atoms with E-state index in [0.717, 1.165) is 36.8 Å². The van der Waals surface area contributed by atoms with Crippen molar-refractivity contribution in [2.45, 2.75) is 19.9 Å². The molecular formula is C19H19N5. The van der Waals surface area contributed by atoms with Crippen molar-refractivity contribution in [2.75, 3.05) is 16.8 Å². The molecule has 0 amide bonds. The number of pyridine rings is 3. The van der Waals surface area contributed by atoms with E-state index in [2.05, 4.69) is 44.2 Å². The third-order valence-electron chi connectivity index (χ3n) is 4.26. The topological polar surface area (TPSA) is 53.9 Å². The molecule has 4 heterocycles. The van der Waals surface area contributed by atoms with Crippen LogP contribution < -0.4 is 10.2 Å². The molecule has 0 spiro atoms. The summed E-state index contributed by atoms with van der Waals surface area (Å²) in [5.41, 5.74) is 4.59. The number of aryl methyl sites for hydroxylation is 1. The first-order valence-corrected chi connectivity index (χ1v) is 8.12. The Morgan fingerprint density at radius 2 is 1.96 bits per heavy atom. The van der Waals surface area contributed by atoms with E-state index in [9.17, 15) is 0 Å². The molecule has 5 heteroatoms. The number of hydrogen-bond donors (Lipinski definition) is 1. The molecule has 0 aromatic carbocycles. The number of anilines is 3. The first kappa shape index (κ1) is 14.6. The summed E-state index contributed by atoms with van der Waals surface area (Å²) >= 11 is 0. The molecule has 4 rings (SSSR count). The fourth-order valence-electron chi connectivity index (χ4n) is 3.07. The summed E-state index contributed by atoms with van der Waals surface area (Å²) in [5.74, 6) is 1.89. The van der Waals surface area contributed by atoms with Gasteiger partial charge in [-0.3, -0.25) is 4.98 Å². The average Bonchev–Trinajstić information content (AvgIpc) is 2.62. The Morgan fingerprint density at radius 1 is 1.04 bits per heavy atom. The van der Waals surface area contributed by atoms with Crippen LogP contribution >= 0.6 is 0 Å². The molecule has 0 unspecified atom stereocenters. The van der Waals surface area contributed by atoms with Gasteiger partial charge in [-0.05, 0) is 42.3 Å². The normalized spacial score (nSPS) is 13.5. The van der Waals surface area contributed by atoms with E-state index in [1.165, 1.54) is 16.8 Å². The van der Waals surface area contributed by atoms with Gasteiger partial charge < -0.3 is 10.2 Å². The summed E-state index contributed by atoms with van der Waals surface area (Å²) in [5, 5.41) is 3.31. The van der Waals surface area contributed by atoms with Crippen molar-refractivity contribution >= 4 is 17.3 Å². The molecule has 0 fully saturated rings. The van der Waals surface area contributed by atoms with E-state index in [1.807, 2.05) is 36.7 Å². The summed E-state index contributed by atoms with van der Waals surface area (Å²) in [4.78, 5) is 15.8. The fraction of sp³-hybridized carbons (Fsp3) is 0.211. The van der Waals surface area contributed by atoms with E-state index < -0.39 is 0 Å². The Morgan fingerprint density at radius 3 is 2.79 bits per heavy atom. The van der Waals surface area contributed by atoms with Gasteiger partial charge in [0, 0.05) is 37.6 Å². The second-order valence-electron chi connectivity index (χ2n) is 5.99. The maximum Gasteiger partial charge on any atom is 0.131 e. The van der Waals surface area contributed by atoms with Crippen LogP contribution in [0.15, 0.2) is 55.0 Å². The van der Waals surface area contributed by atoms with Gasteiger partial charge in [0.05, 0.1) is 11.9 Å². The lowest BCUT2D eigenvalue weighted by Gasteiger charge is -2.30. The molecule has 3 aromatic heterocycles. The van der Waals surface area contributed by atoms with E-state index in [4.69, 9.17) is 0 Å². The lowest BCUT2D eigenvalue weighted by atomic mass is 10.0. The fourth-order valence-corrected chi connectivity index (χ4v) is 3.07. The summed E-state index contributed by atoms with van der Waals surface area (Å²) in [6, 6.07) is 12.1. The highest BCUT2D eigenvalue weighted by Gasteiger charge is 2.20. The van der Waals surface area contributed by atoms with Crippen LogP contribution in [0.4, 0.5) is 17.3 Å². The summed E-state index contributed by atoms with van der Waals surface area (Å²) in [6.45, 7) is 3.89. The molecule has 1 aliphatic heterocycles. The SMILES string of the molecule is Cc1cccnc1N1CCc2ncc(Nc3ccccn3)cc2C1. The van der Waals surface area contributed by atoms with Crippen LogP contribution in [0.25, 0.3) is 0 Å². The van der Waals surface area contributed by atoms with Gasteiger partial charge >= 0.3 is 0 Å². The maximum atomic E-state index is 4.63. The molecule has 0 aliphatic carbocycles. The molecule has 0 atom stereocenters. The predicted octanol–water partition coefficient (Wildman–Crippen LogP) is 3.49. The van der Waals surface area contributed by atoms with Gasteiger partial charge in [-0.1, -0.05) is 12.1 Å². The third kappa shape index (κ3) is 2.93. The van der Waals surface area contributed by atoms with Crippen LogP contribution in [0.2, 0.25) is 0 Å². The Kier molecular flexibility index (Phi) is 3.83. The summed E-state index contributed by atoms with van der Waals surface area (Å²) in [6.07, 6.45) is 6.46.